The SMILES string of the molecule is O=C(CCCCn1nc(C(F)(F)F)c2c1CCCC2)NCCCn1ccnc1. The fourth-order valence-electron chi connectivity index (χ4n) is 3.63. The number of aromatic nitrogens is 4. The Kier molecular flexibility index (Phi) is 6.74. The van der Waals surface area contributed by atoms with Crippen LogP contribution in [-0.2, 0) is 36.9 Å². The van der Waals surface area contributed by atoms with Gasteiger partial charge in [-0.3, -0.25) is 9.48 Å². The highest BCUT2D eigenvalue weighted by atomic mass is 19.4. The van der Waals surface area contributed by atoms with E-state index >= 15 is 0 Å². The standard InChI is InChI=1S/C19H26F3N5O/c20-19(21,22)18-15-6-1-2-7-16(15)27(25-18)12-4-3-8-17(28)24-9-5-11-26-13-10-23-14-26/h10,13-14H,1-9,11-12H2,(H,24,28). The number of imidazole rings is 1. The monoisotopic (exact) mass is 397 g/mol. The highest BCUT2D eigenvalue weighted by Crippen LogP contribution is 2.35. The minimum Gasteiger partial charge on any atom is -0.356 e. The first-order valence-corrected chi connectivity index (χ1v) is 9.83. The predicted octanol–water partition coefficient (Wildman–Crippen LogP) is 3.35. The zero-order chi connectivity index (χ0) is 20.0. The second-order valence-electron chi connectivity index (χ2n) is 7.16. The van der Waals surface area contributed by atoms with Gasteiger partial charge in [0, 0.05) is 49.7 Å². The number of alkyl halides is 3. The third kappa shape index (κ3) is 5.36. The van der Waals surface area contributed by atoms with Crippen molar-refractivity contribution in [3.05, 3.63) is 35.7 Å². The maximum absolute atomic E-state index is 13.2. The van der Waals surface area contributed by atoms with Crippen LogP contribution in [0.5, 0.6) is 0 Å². The lowest BCUT2D eigenvalue weighted by atomic mass is 9.95. The van der Waals surface area contributed by atoms with Crippen molar-refractivity contribution in [1.82, 2.24) is 24.6 Å². The van der Waals surface area contributed by atoms with Gasteiger partial charge in [0.15, 0.2) is 5.69 Å². The minimum atomic E-state index is -4.40. The average molecular weight is 397 g/mol. The number of amides is 1. The molecule has 1 amide bonds. The van der Waals surface area contributed by atoms with Crippen LogP contribution in [0.3, 0.4) is 0 Å². The van der Waals surface area contributed by atoms with Crippen molar-refractivity contribution in [2.75, 3.05) is 6.54 Å². The van der Waals surface area contributed by atoms with Gasteiger partial charge in [-0.05, 0) is 44.9 Å². The van der Waals surface area contributed by atoms with Crippen molar-refractivity contribution in [2.45, 2.75) is 70.6 Å². The number of halogens is 3. The van der Waals surface area contributed by atoms with Crippen molar-refractivity contribution in [3.8, 4) is 0 Å². The van der Waals surface area contributed by atoms with Crippen LogP contribution >= 0.6 is 0 Å². The summed E-state index contributed by atoms with van der Waals surface area (Å²) >= 11 is 0. The molecule has 6 nitrogen and oxygen atoms in total. The number of nitrogens with one attached hydrogen (secondary N) is 1. The molecule has 28 heavy (non-hydrogen) atoms. The molecule has 0 spiro atoms. The van der Waals surface area contributed by atoms with Gasteiger partial charge in [0.1, 0.15) is 0 Å². The van der Waals surface area contributed by atoms with Gasteiger partial charge < -0.3 is 9.88 Å². The maximum Gasteiger partial charge on any atom is 0.435 e. The number of carbonyl (C=O) groups excluding carboxylic acids is 1. The van der Waals surface area contributed by atoms with E-state index in [2.05, 4.69) is 15.4 Å². The molecule has 0 radical (unpaired) electrons. The van der Waals surface area contributed by atoms with Crippen LogP contribution in [0.15, 0.2) is 18.7 Å². The molecule has 1 aliphatic rings. The molecule has 0 bridgehead atoms. The van der Waals surface area contributed by atoms with Gasteiger partial charge in [-0.1, -0.05) is 0 Å². The van der Waals surface area contributed by atoms with Crippen LogP contribution in [0.4, 0.5) is 13.2 Å². The van der Waals surface area contributed by atoms with E-state index in [0.717, 1.165) is 31.5 Å². The van der Waals surface area contributed by atoms with E-state index in [1.54, 1.807) is 12.5 Å². The second-order valence-corrected chi connectivity index (χ2v) is 7.16. The number of hydrogen-bond donors (Lipinski definition) is 1. The number of nitrogens with zero attached hydrogens (tertiary/aromatic N) is 4. The maximum atomic E-state index is 13.2. The number of fused-ring (bicyclic) bond motifs is 1. The molecule has 0 saturated carbocycles. The number of unbranched alkanes of at least 4 members (excludes halogenated alkanes) is 1. The van der Waals surface area contributed by atoms with Gasteiger partial charge >= 0.3 is 6.18 Å². The van der Waals surface area contributed by atoms with E-state index in [-0.39, 0.29) is 5.91 Å². The van der Waals surface area contributed by atoms with Crippen molar-refractivity contribution in [3.63, 3.8) is 0 Å². The molecular weight excluding hydrogens is 371 g/mol. The molecule has 154 valence electrons. The molecule has 2 aromatic heterocycles. The summed E-state index contributed by atoms with van der Waals surface area (Å²) in [5.41, 5.74) is 0.370. The lowest BCUT2D eigenvalue weighted by Gasteiger charge is -2.14. The Morgan fingerprint density at radius 3 is 2.71 bits per heavy atom. The Morgan fingerprint density at radius 2 is 1.96 bits per heavy atom. The molecule has 0 aliphatic heterocycles. The summed E-state index contributed by atoms with van der Waals surface area (Å²) in [7, 11) is 0. The summed E-state index contributed by atoms with van der Waals surface area (Å²) < 4.78 is 43.0. The van der Waals surface area contributed by atoms with E-state index in [1.807, 2.05) is 10.8 Å². The number of hydrogen-bond acceptors (Lipinski definition) is 3. The molecule has 2 aromatic rings. The summed E-state index contributed by atoms with van der Waals surface area (Å²) in [5, 5.41) is 6.72. The van der Waals surface area contributed by atoms with E-state index in [4.69, 9.17) is 0 Å². The van der Waals surface area contributed by atoms with E-state index < -0.39 is 11.9 Å². The van der Waals surface area contributed by atoms with E-state index in [0.29, 0.717) is 50.8 Å². The highest BCUT2D eigenvalue weighted by Gasteiger charge is 2.39. The highest BCUT2D eigenvalue weighted by molar-refractivity contribution is 5.75. The lowest BCUT2D eigenvalue weighted by Crippen LogP contribution is -2.25. The lowest BCUT2D eigenvalue weighted by molar-refractivity contribution is -0.142. The molecular formula is C19H26F3N5O. The number of carbonyl (C=O) groups is 1. The van der Waals surface area contributed by atoms with Gasteiger partial charge in [0.2, 0.25) is 5.91 Å². The molecule has 0 atom stereocenters. The van der Waals surface area contributed by atoms with Crippen molar-refractivity contribution in [1.29, 1.82) is 0 Å². The molecule has 0 aromatic carbocycles. The molecule has 2 heterocycles. The molecule has 9 heteroatoms. The van der Waals surface area contributed by atoms with Crippen LogP contribution in [0, 0.1) is 0 Å². The Hall–Kier alpha value is -2.32. The topological polar surface area (TPSA) is 64.7 Å². The Bertz CT molecular complexity index is 767. The van der Waals surface area contributed by atoms with E-state index in [1.165, 1.54) is 4.68 Å². The number of aryl methyl sites for hydroxylation is 2. The van der Waals surface area contributed by atoms with Crippen LogP contribution in [0.2, 0.25) is 0 Å². The first-order valence-electron chi connectivity index (χ1n) is 9.83. The Morgan fingerprint density at radius 1 is 1.14 bits per heavy atom. The molecule has 1 N–H and O–H groups in total. The zero-order valence-corrected chi connectivity index (χ0v) is 15.8. The molecule has 0 fully saturated rings. The van der Waals surface area contributed by atoms with E-state index in [9.17, 15) is 18.0 Å². The summed E-state index contributed by atoms with van der Waals surface area (Å²) in [6.07, 6.45) is 6.16. The molecule has 0 unspecified atom stereocenters. The largest absolute Gasteiger partial charge is 0.435 e. The Labute approximate surface area is 162 Å². The predicted molar refractivity (Wildman–Crippen MR) is 97.6 cm³/mol. The first kappa shape index (κ1) is 20.4. The summed E-state index contributed by atoms with van der Waals surface area (Å²) in [6.45, 7) is 1.82. The summed E-state index contributed by atoms with van der Waals surface area (Å²) in [4.78, 5) is 15.8. The minimum absolute atomic E-state index is 0.0240. The fraction of sp³-hybridized carbons (Fsp3) is 0.632. The molecule has 0 saturated heterocycles. The van der Waals surface area contributed by atoms with Gasteiger partial charge in [-0.25, -0.2) is 4.98 Å². The van der Waals surface area contributed by atoms with Crippen molar-refractivity contribution >= 4 is 5.91 Å². The van der Waals surface area contributed by atoms with Gasteiger partial charge in [-0.15, -0.1) is 0 Å². The second kappa shape index (κ2) is 9.25. The summed E-state index contributed by atoms with van der Waals surface area (Å²) in [6, 6.07) is 0. The zero-order valence-electron chi connectivity index (χ0n) is 15.8. The molecule has 1 aliphatic carbocycles. The molecule has 3 rings (SSSR count). The van der Waals surface area contributed by atoms with Crippen LogP contribution in [0.1, 0.15) is 55.5 Å². The van der Waals surface area contributed by atoms with Crippen molar-refractivity contribution < 1.29 is 18.0 Å². The quantitative estimate of drug-likeness (QED) is 0.660. The van der Waals surface area contributed by atoms with Crippen LogP contribution < -0.4 is 5.32 Å². The average Bonchev–Trinajstić information content (AvgIpc) is 3.30. The van der Waals surface area contributed by atoms with Crippen LogP contribution in [-0.4, -0.2) is 31.8 Å². The first-order chi connectivity index (χ1) is 13.4. The Balaban J connectivity index is 1.39. The third-order valence-corrected chi connectivity index (χ3v) is 5.02. The third-order valence-electron chi connectivity index (χ3n) is 5.02. The van der Waals surface area contributed by atoms with Gasteiger partial charge in [0.05, 0.1) is 6.33 Å². The fourth-order valence-corrected chi connectivity index (χ4v) is 3.63. The summed E-state index contributed by atoms with van der Waals surface area (Å²) in [5.74, 6) is -0.0240. The smallest absolute Gasteiger partial charge is 0.356 e. The van der Waals surface area contributed by atoms with Crippen molar-refractivity contribution in [2.24, 2.45) is 0 Å². The number of rotatable bonds is 9. The van der Waals surface area contributed by atoms with Crippen LogP contribution in [0.25, 0.3) is 0 Å². The van der Waals surface area contributed by atoms with Gasteiger partial charge in [0.25, 0.3) is 0 Å². The van der Waals surface area contributed by atoms with Gasteiger partial charge in [-0.2, -0.15) is 18.3 Å². The normalized spacial score (nSPS) is 14.1.